The molecule has 0 bridgehead atoms. The minimum atomic E-state index is 0.109. The van der Waals surface area contributed by atoms with Crippen LogP contribution in [0.2, 0.25) is 0 Å². The van der Waals surface area contributed by atoms with Crippen LogP contribution in [0.4, 0.5) is 0 Å². The van der Waals surface area contributed by atoms with Gasteiger partial charge in [-0.25, -0.2) is 4.98 Å². The number of ketones is 1. The zero-order valence-corrected chi connectivity index (χ0v) is 9.49. The van der Waals surface area contributed by atoms with Crippen LogP contribution >= 0.6 is 11.8 Å². The third kappa shape index (κ3) is 2.66. The number of aromatic amines is 1. The number of carbonyl (C=O) groups is 1. The van der Waals surface area contributed by atoms with Crippen molar-refractivity contribution in [1.29, 1.82) is 0 Å². The Morgan fingerprint density at radius 3 is 3.12 bits per heavy atom. The molecule has 0 saturated carbocycles. The summed E-state index contributed by atoms with van der Waals surface area (Å²) in [5, 5.41) is 7.40. The quantitative estimate of drug-likeness (QED) is 0.812. The Balaban J connectivity index is 2.11. The van der Waals surface area contributed by atoms with E-state index in [1.807, 2.05) is 12.1 Å². The predicted molar refractivity (Wildman–Crippen MR) is 61.0 cm³/mol. The van der Waals surface area contributed by atoms with E-state index in [2.05, 4.69) is 20.2 Å². The molecule has 6 heteroatoms. The second kappa shape index (κ2) is 4.89. The number of Topliss-reactive ketones (excluding diaryl/α,β-unsaturated/α-hetero) is 1. The molecular formula is C10H10N4OS. The summed E-state index contributed by atoms with van der Waals surface area (Å²) in [6.07, 6.45) is 3.41. The molecule has 2 aromatic heterocycles. The molecule has 0 radical (unpaired) electrons. The number of nitrogens with zero attached hydrogens (tertiary/aromatic N) is 3. The summed E-state index contributed by atoms with van der Waals surface area (Å²) < 4.78 is 0. The molecule has 0 saturated heterocycles. The number of pyridine rings is 1. The van der Waals surface area contributed by atoms with Crippen molar-refractivity contribution < 1.29 is 4.79 Å². The summed E-state index contributed by atoms with van der Waals surface area (Å²) in [4.78, 5) is 19.0. The maximum absolute atomic E-state index is 10.8. The second-order valence-corrected chi connectivity index (χ2v) is 4.14. The minimum Gasteiger partial charge on any atom is -0.299 e. The van der Waals surface area contributed by atoms with E-state index in [1.54, 1.807) is 19.3 Å². The summed E-state index contributed by atoms with van der Waals surface area (Å²) in [5.74, 6) is 1.17. The SMILES string of the molecule is CC(=O)CSc1n[nH]c(-c2cccnc2)n1. The third-order valence-corrected chi connectivity index (χ3v) is 2.80. The Hall–Kier alpha value is -1.69. The number of carbonyl (C=O) groups excluding carboxylic acids is 1. The fraction of sp³-hybridized carbons (Fsp3) is 0.200. The Morgan fingerprint density at radius 1 is 1.56 bits per heavy atom. The van der Waals surface area contributed by atoms with Gasteiger partial charge in [-0.05, 0) is 19.1 Å². The van der Waals surface area contributed by atoms with Crippen LogP contribution < -0.4 is 0 Å². The maximum Gasteiger partial charge on any atom is 0.209 e. The van der Waals surface area contributed by atoms with Crippen molar-refractivity contribution in [3.8, 4) is 11.4 Å². The highest BCUT2D eigenvalue weighted by Crippen LogP contribution is 2.17. The lowest BCUT2D eigenvalue weighted by Crippen LogP contribution is -1.93. The van der Waals surface area contributed by atoms with Gasteiger partial charge in [-0.1, -0.05) is 11.8 Å². The normalized spacial score (nSPS) is 10.3. The Morgan fingerprint density at radius 2 is 2.44 bits per heavy atom. The van der Waals surface area contributed by atoms with Gasteiger partial charge >= 0.3 is 0 Å². The smallest absolute Gasteiger partial charge is 0.209 e. The van der Waals surface area contributed by atoms with E-state index in [4.69, 9.17) is 0 Å². The first-order valence-corrected chi connectivity index (χ1v) is 5.69. The minimum absolute atomic E-state index is 0.109. The number of hydrogen-bond acceptors (Lipinski definition) is 5. The van der Waals surface area contributed by atoms with Gasteiger partial charge in [-0.3, -0.25) is 14.9 Å². The first kappa shape index (κ1) is 10.8. The van der Waals surface area contributed by atoms with Crippen LogP contribution in [0.3, 0.4) is 0 Å². The Bertz CT molecular complexity index is 483. The topological polar surface area (TPSA) is 71.5 Å². The van der Waals surface area contributed by atoms with Gasteiger partial charge in [-0.15, -0.1) is 5.10 Å². The van der Waals surface area contributed by atoms with Crippen molar-refractivity contribution >= 4 is 17.5 Å². The highest BCUT2D eigenvalue weighted by Gasteiger charge is 2.06. The molecule has 2 aromatic rings. The maximum atomic E-state index is 10.8. The van der Waals surface area contributed by atoms with Crippen LogP contribution in [0.1, 0.15) is 6.92 Å². The lowest BCUT2D eigenvalue weighted by atomic mass is 10.3. The van der Waals surface area contributed by atoms with E-state index in [1.165, 1.54) is 11.8 Å². The lowest BCUT2D eigenvalue weighted by Gasteiger charge is -1.92. The van der Waals surface area contributed by atoms with E-state index in [9.17, 15) is 4.79 Å². The average molecular weight is 234 g/mol. The Kier molecular flexibility index (Phi) is 3.31. The van der Waals surface area contributed by atoms with Crippen molar-refractivity contribution in [3.63, 3.8) is 0 Å². The van der Waals surface area contributed by atoms with E-state index in [-0.39, 0.29) is 5.78 Å². The van der Waals surface area contributed by atoms with Crippen molar-refractivity contribution in [2.75, 3.05) is 5.75 Å². The molecule has 2 heterocycles. The van der Waals surface area contributed by atoms with E-state index >= 15 is 0 Å². The molecule has 0 aliphatic carbocycles. The molecule has 82 valence electrons. The van der Waals surface area contributed by atoms with Gasteiger partial charge in [0.15, 0.2) is 5.82 Å². The standard InChI is InChI=1S/C10H10N4OS/c1-7(15)6-16-10-12-9(13-14-10)8-3-2-4-11-5-8/h2-5H,6H2,1H3,(H,12,13,14). The molecule has 0 amide bonds. The van der Waals surface area contributed by atoms with Crippen LogP contribution in [-0.4, -0.2) is 31.7 Å². The van der Waals surface area contributed by atoms with E-state index < -0.39 is 0 Å². The number of hydrogen-bond donors (Lipinski definition) is 1. The molecule has 2 rings (SSSR count). The first-order valence-electron chi connectivity index (χ1n) is 4.71. The van der Waals surface area contributed by atoms with Gasteiger partial charge < -0.3 is 0 Å². The summed E-state index contributed by atoms with van der Waals surface area (Å²) in [5.41, 5.74) is 0.879. The molecule has 0 unspecified atom stereocenters. The number of nitrogens with one attached hydrogen (secondary N) is 1. The molecule has 0 spiro atoms. The van der Waals surface area contributed by atoms with Gasteiger partial charge in [0, 0.05) is 18.0 Å². The number of thioether (sulfide) groups is 1. The third-order valence-electron chi connectivity index (χ3n) is 1.80. The van der Waals surface area contributed by atoms with Crippen molar-refractivity contribution in [2.45, 2.75) is 12.1 Å². The number of H-pyrrole nitrogens is 1. The zero-order chi connectivity index (χ0) is 11.4. The summed E-state index contributed by atoms with van der Waals surface area (Å²) in [7, 11) is 0. The second-order valence-electron chi connectivity index (χ2n) is 3.20. The molecular weight excluding hydrogens is 224 g/mol. The average Bonchev–Trinajstić information content (AvgIpc) is 2.76. The van der Waals surface area contributed by atoms with E-state index in [0.717, 1.165) is 5.56 Å². The zero-order valence-electron chi connectivity index (χ0n) is 8.67. The van der Waals surface area contributed by atoms with Gasteiger partial charge in [0.2, 0.25) is 5.16 Å². The van der Waals surface area contributed by atoms with Crippen molar-refractivity contribution in [2.24, 2.45) is 0 Å². The highest BCUT2D eigenvalue weighted by atomic mass is 32.2. The van der Waals surface area contributed by atoms with Gasteiger partial charge in [0.1, 0.15) is 5.78 Å². The largest absolute Gasteiger partial charge is 0.299 e. The van der Waals surface area contributed by atoms with Crippen LogP contribution in [0, 0.1) is 0 Å². The predicted octanol–water partition coefficient (Wildman–Crippen LogP) is 1.55. The molecule has 0 aliphatic rings. The number of aromatic nitrogens is 4. The van der Waals surface area contributed by atoms with Crippen LogP contribution in [0.5, 0.6) is 0 Å². The molecule has 16 heavy (non-hydrogen) atoms. The molecule has 0 fully saturated rings. The molecule has 0 aromatic carbocycles. The highest BCUT2D eigenvalue weighted by molar-refractivity contribution is 7.99. The van der Waals surface area contributed by atoms with E-state index in [0.29, 0.717) is 16.7 Å². The van der Waals surface area contributed by atoms with Gasteiger partial charge in [0.25, 0.3) is 0 Å². The number of rotatable bonds is 4. The molecule has 5 nitrogen and oxygen atoms in total. The van der Waals surface area contributed by atoms with Gasteiger partial charge in [0.05, 0.1) is 5.75 Å². The van der Waals surface area contributed by atoms with Gasteiger partial charge in [-0.2, -0.15) is 0 Å². The van der Waals surface area contributed by atoms with Crippen LogP contribution in [0.15, 0.2) is 29.7 Å². The Labute approximate surface area is 96.7 Å². The first-order chi connectivity index (χ1) is 7.75. The molecule has 0 aliphatic heterocycles. The summed E-state index contributed by atoms with van der Waals surface area (Å²) in [6.45, 7) is 1.54. The fourth-order valence-corrected chi connectivity index (χ4v) is 1.71. The molecule has 1 N–H and O–H groups in total. The molecule has 0 atom stereocenters. The monoisotopic (exact) mass is 234 g/mol. The summed E-state index contributed by atoms with van der Waals surface area (Å²) >= 11 is 1.32. The fourth-order valence-electron chi connectivity index (χ4n) is 1.11. The van der Waals surface area contributed by atoms with Crippen molar-refractivity contribution in [1.82, 2.24) is 20.2 Å². The van der Waals surface area contributed by atoms with Crippen molar-refractivity contribution in [3.05, 3.63) is 24.5 Å². The van der Waals surface area contributed by atoms with Crippen LogP contribution in [-0.2, 0) is 4.79 Å². The van der Waals surface area contributed by atoms with Crippen LogP contribution in [0.25, 0.3) is 11.4 Å². The lowest BCUT2D eigenvalue weighted by molar-refractivity contribution is -0.114. The summed E-state index contributed by atoms with van der Waals surface area (Å²) in [6, 6.07) is 3.73.